The van der Waals surface area contributed by atoms with E-state index < -0.39 is 0 Å². The van der Waals surface area contributed by atoms with E-state index in [0.29, 0.717) is 6.61 Å². The van der Waals surface area contributed by atoms with Gasteiger partial charge in [-0.2, -0.15) is 0 Å². The molecule has 18 heavy (non-hydrogen) atoms. The number of carbonyl (C=O) groups excluding carboxylic acids is 1. The molecule has 2 rings (SSSR count). The summed E-state index contributed by atoms with van der Waals surface area (Å²) in [5.74, 6) is -0.201. The van der Waals surface area contributed by atoms with Gasteiger partial charge in [0.05, 0.1) is 6.04 Å². The van der Waals surface area contributed by atoms with Crippen LogP contribution in [0.25, 0.3) is 0 Å². The summed E-state index contributed by atoms with van der Waals surface area (Å²) in [7, 11) is 0. The lowest BCUT2D eigenvalue weighted by Gasteiger charge is -2.34. The highest BCUT2D eigenvalue weighted by molar-refractivity contribution is 5.65. The van der Waals surface area contributed by atoms with Crippen LogP contribution in [0.4, 0.5) is 0 Å². The van der Waals surface area contributed by atoms with Crippen LogP contribution in [-0.4, -0.2) is 30.6 Å². The van der Waals surface area contributed by atoms with Gasteiger partial charge in [-0.05, 0) is 31.5 Å². The van der Waals surface area contributed by atoms with Crippen molar-refractivity contribution in [3.05, 3.63) is 35.9 Å². The molecular formula is C15H21NO2. The van der Waals surface area contributed by atoms with Crippen LogP contribution in [0.1, 0.15) is 37.8 Å². The van der Waals surface area contributed by atoms with Crippen LogP contribution in [0.2, 0.25) is 0 Å². The molecule has 0 saturated carbocycles. The monoisotopic (exact) mass is 247 g/mol. The molecule has 0 aliphatic carbocycles. The first kappa shape index (κ1) is 13.1. The molecule has 1 aliphatic heterocycles. The number of hydrogen-bond acceptors (Lipinski definition) is 3. The lowest BCUT2D eigenvalue weighted by molar-refractivity contribution is -0.143. The second-order valence-electron chi connectivity index (χ2n) is 4.83. The molecule has 3 nitrogen and oxygen atoms in total. The van der Waals surface area contributed by atoms with E-state index in [1.54, 1.807) is 0 Å². The number of esters is 1. The average Bonchev–Trinajstić information content (AvgIpc) is 2.41. The van der Waals surface area contributed by atoms with Crippen molar-refractivity contribution in [1.82, 2.24) is 4.90 Å². The first-order chi connectivity index (χ1) is 8.77. The number of rotatable bonds is 4. The quantitative estimate of drug-likeness (QED) is 0.766. The summed E-state index contributed by atoms with van der Waals surface area (Å²) < 4.78 is 5.23. The summed E-state index contributed by atoms with van der Waals surface area (Å²) >= 11 is 0. The third-order valence-electron chi connectivity index (χ3n) is 3.46. The van der Waals surface area contributed by atoms with E-state index in [9.17, 15) is 4.79 Å². The molecule has 1 heterocycles. The molecule has 1 aromatic rings. The average molecular weight is 247 g/mol. The zero-order valence-electron chi connectivity index (χ0n) is 11.0. The van der Waals surface area contributed by atoms with Crippen molar-refractivity contribution in [2.75, 3.05) is 19.7 Å². The molecule has 3 heteroatoms. The first-order valence-electron chi connectivity index (χ1n) is 6.70. The van der Waals surface area contributed by atoms with Crippen molar-refractivity contribution < 1.29 is 9.53 Å². The maximum atomic E-state index is 11.0. The van der Waals surface area contributed by atoms with Gasteiger partial charge in [-0.1, -0.05) is 36.8 Å². The molecule has 98 valence electrons. The molecular weight excluding hydrogens is 226 g/mol. The van der Waals surface area contributed by atoms with Crippen LogP contribution in [0, 0.1) is 0 Å². The molecule has 0 N–H and O–H groups in total. The number of nitrogens with zero attached hydrogens (tertiary/aromatic N) is 1. The van der Waals surface area contributed by atoms with E-state index in [0.717, 1.165) is 13.1 Å². The Kier molecular flexibility index (Phi) is 4.76. The number of carbonyl (C=O) groups is 1. The molecule has 0 bridgehead atoms. The van der Waals surface area contributed by atoms with Crippen molar-refractivity contribution in [2.24, 2.45) is 0 Å². The van der Waals surface area contributed by atoms with Gasteiger partial charge in [-0.15, -0.1) is 0 Å². The van der Waals surface area contributed by atoms with Crippen molar-refractivity contribution in [3.8, 4) is 0 Å². The molecule has 1 atom stereocenters. The van der Waals surface area contributed by atoms with Crippen molar-refractivity contribution in [1.29, 1.82) is 0 Å². The second kappa shape index (κ2) is 6.55. The van der Waals surface area contributed by atoms with Crippen LogP contribution in [0.3, 0.4) is 0 Å². The van der Waals surface area contributed by atoms with Crippen LogP contribution < -0.4 is 0 Å². The van der Waals surface area contributed by atoms with Gasteiger partial charge in [-0.25, -0.2) is 0 Å². The summed E-state index contributed by atoms with van der Waals surface area (Å²) in [4.78, 5) is 13.5. The largest absolute Gasteiger partial charge is 0.464 e. The molecule has 1 fully saturated rings. The first-order valence-corrected chi connectivity index (χ1v) is 6.70. The van der Waals surface area contributed by atoms with Crippen LogP contribution in [0.5, 0.6) is 0 Å². The lowest BCUT2D eigenvalue weighted by Crippen LogP contribution is -2.36. The predicted octanol–water partition coefficient (Wildman–Crippen LogP) is 2.78. The van der Waals surface area contributed by atoms with Gasteiger partial charge in [-0.3, -0.25) is 9.69 Å². The molecule has 1 saturated heterocycles. The fraction of sp³-hybridized carbons (Fsp3) is 0.533. The summed E-state index contributed by atoms with van der Waals surface area (Å²) in [6.07, 6.45) is 3.79. The second-order valence-corrected chi connectivity index (χ2v) is 4.83. The Morgan fingerprint density at radius 3 is 2.50 bits per heavy atom. The maximum Gasteiger partial charge on any atom is 0.302 e. The molecule has 0 spiro atoms. The Balaban J connectivity index is 2.08. The topological polar surface area (TPSA) is 29.5 Å². The Bertz CT molecular complexity index is 371. The highest BCUT2D eigenvalue weighted by Gasteiger charge is 2.23. The predicted molar refractivity (Wildman–Crippen MR) is 71.2 cm³/mol. The summed E-state index contributed by atoms with van der Waals surface area (Å²) in [5, 5.41) is 0. The zero-order valence-corrected chi connectivity index (χ0v) is 11.0. The van der Waals surface area contributed by atoms with Crippen molar-refractivity contribution in [2.45, 2.75) is 32.2 Å². The van der Waals surface area contributed by atoms with Crippen LogP contribution in [-0.2, 0) is 9.53 Å². The Labute approximate surface area is 109 Å². The minimum Gasteiger partial charge on any atom is -0.464 e. The number of ether oxygens (including phenoxy) is 1. The van der Waals surface area contributed by atoms with E-state index in [4.69, 9.17) is 4.74 Å². The number of likely N-dealkylation sites (tertiary alicyclic amines) is 1. The number of hydrogen-bond donors (Lipinski definition) is 0. The van der Waals surface area contributed by atoms with Crippen molar-refractivity contribution in [3.63, 3.8) is 0 Å². The van der Waals surface area contributed by atoms with E-state index in [1.807, 2.05) is 18.2 Å². The molecule has 0 amide bonds. The van der Waals surface area contributed by atoms with E-state index in [-0.39, 0.29) is 12.0 Å². The normalized spacial score (nSPS) is 18.3. The van der Waals surface area contributed by atoms with Gasteiger partial charge in [0.2, 0.25) is 0 Å². The highest BCUT2D eigenvalue weighted by Crippen LogP contribution is 2.24. The summed E-state index contributed by atoms with van der Waals surface area (Å²) in [5.41, 5.74) is 1.24. The maximum absolute atomic E-state index is 11.0. The SMILES string of the molecule is CC(=O)OC[C@H](c1ccccc1)N1CCCCC1. The van der Waals surface area contributed by atoms with Crippen molar-refractivity contribution >= 4 is 5.97 Å². The highest BCUT2D eigenvalue weighted by atomic mass is 16.5. The smallest absolute Gasteiger partial charge is 0.302 e. The molecule has 0 aromatic heterocycles. The van der Waals surface area contributed by atoms with E-state index >= 15 is 0 Å². The van der Waals surface area contributed by atoms with Crippen LogP contribution >= 0.6 is 0 Å². The molecule has 0 unspecified atom stereocenters. The Morgan fingerprint density at radius 1 is 1.22 bits per heavy atom. The lowest BCUT2D eigenvalue weighted by atomic mass is 10.0. The van der Waals surface area contributed by atoms with Gasteiger partial charge in [0.15, 0.2) is 0 Å². The molecule has 1 aromatic carbocycles. The fourth-order valence-corrected chi connectivity index (χ4v) is 2.51. The van der Waals surface area contributed by atoms with Crippen LogP contribution in [0.15, 0.2) is 30.3 Å². The third-order valence-corrected chi connectivity index (χ3v) is 3.46. The Morgan fingerprint density at radius 2 is 1.89 bits per heavy atom. The van der Waals surface area contributed by atoms with Gasteiger partial charge in [0.25, 0.3) is 0 Å². The minimum absolute atomic E-state index is 0.201. The van der Waals surface area contributed by atoms with Gasteiger partial charge in [0, 0.05) is 6.92 Å². The van der Waals surface area contributed by atoms with Gasteiger partial charge >= 0.3 is 5.97 Å². The molecule has 1 aliphatic rings. The molecule has 0 radical (unpaired) electrons. The van der Waals surface area contributed by atoms with Gasteiger partial charge < -0.3 is 4.74 Å². The standard InChI is InChI=1S/C15H21NO2/c1-13(17)18-12-15(14-8-4-2-5-9-14)16-10-6-3-7-11-16/h2,4-5,8-9,15H,3,6-7,10-12H2,1H3/t15-/m1/s1. The van der Waals surface area contributed by atoms with E-state index in [1.165, 1.54) is 31.7 Å². The van der Waals surface area contributed by atoms with Gasteiger partial charge in [0.1, 0.15) is 6.61 Å². The third kappa shape index (κ3) is 3.57. The van der Waals surface area contributed by atoms with E-state index in [2.05, 4.69) is 17.0 Å². The number of piperidine rings is 1. The Hall–Kier alpha value is -1.35. The minimum atomic E-state index is -0.201. The zero-order chi connectivity index (χ0) is 12.8. The summed E-state index contributed by atoms with van der Waals surface area (Å²) in [6.45, 7) is 4.12. The fourth-order valence-electron chi connectivity index (χ4n) is 2.51. The number of benzene rings is 1. The summed E-state index contributed by atoms with van der Waals surface area (Å²) in [6, 6.07) is 10.5.